The summed E-state index contributed by atoms with van der Waals surface area (Å²) in [6.45, 7) is 3.75. The molecule has 5 heteroatoms. The molecule has 0 aromatic heterocycles. The van der Waals surface area contributed by atoms with Crippen molar-refractivity contribution in [2.24, 2.45) is 0 Å². The SMILES string of the molecule is COCCCN1C(=O)CN(CCc2ccccc2)C(=O)[C@@H]1C. The van der Waals surface area contributed by atoms with Gasteiger partial charge in [-0.3, -0.25) is 9.59 Å². The Kier molecular flexibility index (Phi) is 5.95. The lowest BCUT2D eigenvalue weighted by Gasteiger charge is -2.38. The van der Waals surface area contributed by atoms with E-state index in [0.717, 1.165) is 12.8 Å². The molecule has 1 fully saturated rings. The molecule has 2 amide bonds. The second-order valence-electron chi connectivity index (χ2n) is 5.60. The van der Waals surface area contributed by atoms with E-state index in [0.29, 0.717) is 19.7 Å². The van der Waals surface area contributed by atoms with Crippen molar-refractivity contribution in [1.29, 1.82) is 0 Å². The number of benzene rings is 1. The van der Waals surface area contributed by atoms with Crippen LogP contribution < -0.4 is 0 Å². The minimum Gasteiger partial charge on any atom is -0.385 e. The summed E-state index contributed by atoms with van der Waals surface area (Å²) in [6, 6.07) is 9.64. The molecule has 120 valence electrons. The fraction of sp³-hybridized carbons (Fsp3) is 0.529. The Morgan fingerprint density at radius 1 is 1.18 bits per heavy atom. The molecule has 1 aromatic carbocycles. The van der Waals surface area contributed by atoms with Gasteiger partial charge >= 0.3 is 0 Å². The topological polar surface area (TPSA) is 49.9 Å². The predicted octanol–water partition coefficient (Wildman–Crippen LogP) is 1.32. The van der Waals surface area contributed by atoms with Crippen molar-refractivity contribution in [3.05, 3.63) is 35.9 Å². The van der Waals surface area contributed by atoms with E-state index in [1.807, 2.05) is 37.3 Å². The molecule has 0 spiro atoms. The Labute approximate surface area is 131 Å². The molecule has 1 atom stereocenters. The highest BCUT2D eigenvalue weighted by molar-refractivity contribution is 5.94. The van der Waals surface area contributed by atoms with Gasteiger partial charge < -0.3 is 14.5 Å². The summed E-state index contributed by atoms with van der Waals surface area (Å²) >= 11 is 0. The lowest BCUT2D eigenvalue weighted by atomic mass is 10.1. The van der Waals surface area contributed by atoms with E-state index in [1.165, 1.54) is 5.56 Å². The van der Waals surface area contributed by atoms with Crippen molar-refractivity contribution in [3.63, 3.8) is 0 Å². The number of methoxy groups -OCH3 is 1. The lowest BCUT2D eigenvalue weighted by Crippen LogP contribution is -2.59. The van der Waals surface area contributed by atoms with Crippen LogP contribution in [-0.2, 0) is 20.7 Å². The third-order valence-electron chi connectivity index (χ3n) is 4.04. The average Bonchev–Trinajstić information content (AvgIpc) is 2.54. The van der Waals surface area contributed by atoms with Crippen molar-refractivity contribution in [2.45, 2.75) is 25.8 Å². The molecule has 0 saturated carbocycles. The van der Waals surface area contributed by atoms with E-state index in [9.17, 15) is 9.59 Å². The molecular formula is C17H24N2O3. The number of nitrogens with zero attached hydrogens (tertiary/aromatic N) is 2. The molecule has 0 radical (unpaired) electrons. The third-order valence-corrected chi connectivity index (χ3v) is 4.04. The lowest BCUT2D eigenvalue weighted by molar-refractivity contribution is -0.155. The second-order valence-corrected chi connectivity index (χ2v) is 5.60. The van der Waals surface area contributed by atoms with E-state index in [2.05, 4.69) is 0 Å². The zero-order chi connectivity index (χ0) is 15.9. The van der Waals surface area contributed by atoms with E-state index in [-0.39, 0.29) is 24.4 Å². The predicted molar refractivity (Wildman–Crippen MR) is 84.4 cm³/mol. The standard InChI is InChI=1S/C17H24N2O3/c1-14-17(21)18(11-9-15-7-4-3-5-8-15)13-16(20)19(14)10-6-12-22-2/h3-5,7-8,14H,6,9-13H2,1-2H3/t14-/m0/s1. The van der Waals surface area contributed by atoms with Gasteiger partial charge in [-0.2, -0.15) is 0 Å². The van der Waals surface area contributed by atoms with Crippen LogP contribution in [0.4, 0.5) is 0 Å². The maximum Gasteiger partial charge on any atom is 0.245 e. The molecule has 1 heterocycles. The number of amides is 2. The summed E-state index contributed by atoms with van der Waals surface area (Å²) in [5.41, 5.74) is 1.18. The van der Waals surface area contributed by atoms with Crippen LogP contribution in [0.2, 0.25) is 0 Å². The van der Waals surface area contributed by atoms with Crippen LogP contribution in [0.5, 0.6) is 0 Å². The number of hydrogen-bond donors (Lipinski definition) is 0. The van der Waals surface area contributed by atoms with Crippen LogP contribution in [0.1, 0.15) is 18.9 Å². The Bertz CT molecular complexity index is 504. The molecule has 2 rings (SSSR count). The van der Waals surface area contributed by atoms with Crippen molar-refractivity contribution < 1.29 is 14.3 Å². The van der Waals surface area contributed by atoms with Crippen molar-refractivity contribution in [1.82, 2.24) is 9.80 Å². The third kappa shape index (κ3) is 4.07. The smallest absolute Gasteiger partial charge is 0.245 e. The van der Waals surface area contributed by atoms with Gasteiger partial charge in [-0.25, -0.2) is 0 Å². The number of hydrogen-bond acceptors (Lipinski definition) is 3. The summed E-state index contributed by atoms with van der Waals surface area (Å²) in [6.07, 6.45) is 1.53. The van der Waals surface area contributed by atoms with Crippen LogP contribution in [0.3, 0.4) is 0 Å². The van der Waals surface area contributed by atoms with E-state index < -0.39 is 0 Å². The highest BCUT2D eigenvalue weighted by Crippen LogP contribution is 2.14. The molecule has 0 unspecified atom stereocenters. The van der Waals surface area contributed by atoms with Gasteiger partial charge in [0.15, 0.2) is 0 Å². The molecule has 1 aromatic rings. The Hall–Kier alpha value is -1.88. The fourth-order valence-electron chi connectivity index (χ4n) is 2.74. The summed E-state index contributed by atoms with van der Waals surface area (Å²) in [5, 5.41) is 0. The quantitative estimate of drug-likeness (QED) is 0.714. The Morgan fingerprint density at radius 3 is 2.59 bits per heavy atom. The van der Waals surface area contributed by atoms with Gasteiger partial charge in [0.2, 0.25) is 11.8 Å². The van der Waals surface area contributed by atoms with Crippen LogP contribution in [-0.4, -0.2) is 61.0 Å². The maximum atomic E-state index is 12.4. The summed E-state index contributed by atoms with van der Waals surface area (Å²) in [4.78, 5) is 28.0. The summed E-state index contributed by atoms with van der Waals surface area (Å²) in [5.74, 6) is 0.0595. The maximum absolute atomic E-state index is 12.4. The second kappa shape index (κ2) is 7.94. The van der Waals surface area contributed by atoms with Gasteiger partial charge in [-0.1, -0.05) is 30.3 Å². The number of carbonyl (C=O) groups is 2. The minimum absolute atomic E-state index is 0.0243. The first kappa shape index (κ1) is 16.5. The van der Waals surface area contributed by atoms with Gasteiger partial charge in [-0.05, 0) is 25.3 Å². The van der Waals surface area contributed by atoms with Crippen LogP contribution in [0.15, 0.2) is 30.3 Å². The summed E-state index contributed by atoms with van der Waals surface area (Å²) in [7, 11) is 1.64. The first-order chi connectivity index (χ1) is 10.6. The van der Waals surface area contributed by atoms with Crippen molar-refractivity contribution in [2.75, 3.05) is 33.4 Å². The fourth-order valence-corrected chi connectivity index (χ4v) is 2.74. The Balaban J connectivity index is 1.90. The van der Waals surface area contributed by atoms with Gasteiger partial charge in [0, 0.05) is 26.8 Å². The molecular weight excluding hydrogens is 280 g/mol. The molecule has 0 N–H and O–H groups in total. The molecule has 5 nitrogen and oxygen atoms in total. The monoisotopic (exact) mass is 304 g/mol. The number of rotatable bonds is 7. The van der Waals surface area contributed by atoms with Crippen LogP contribution >= 0.6 is 0 Å². The first-order valence-electron chi connectivity index (χ1n) is 7.74. The Morgan fingerprint density at radius 2 is 1.91 bits per heavy atom. The zero-order valence-corrected chi connectivity index (χ0v) is 13.3. The van der Waals surface area contributed by atoms with Crippen molar-refractivity contribution >= 4 is 11.8 Å². The van der Waals surface area contributed by atoms with Crippen LogP contribution in [0, 0.1) is 0 Å². The number of ether oxygens (including phenoxy) is 1. The minimum atomic E-state index is -0.381. The molecule has 1 aliphatic rings. The molecule has 1 saturated heterocycles. The normalized spacial score (nSPS) is 18.9. The van der Waals surface area contributed by atoms with Gasteiger partial charge in [0.05, 0.1) is 6.54 Å². The van der Waals surface area contributed by atoms with Gasteiger partial charge in [0.25, 0.3) is 0 Å². The van der Waals surface area contributed by atoms with Gasteiger partial charge in [-0.15, -0.1) is 0 Å². The highest BCUT2D eigenvalue weighted by Gasteiger charge is 2.35. The largest absolute Gasteiger partial charge is 0.385 e. The van der Waals surface area contributed by atoms with Gasteiger partial charge in [0.1, 0.15) is 6.04 Å². The zero-order valence-electron chi connectivity index (χ0n) is 13.3. The van der Waals surface area contributed by atoms with E-state index in [4.69, 9.17) is 4.74 Å². The van der Waals surface area contributed by atoms with E-state index in [1.54, 1.807) is 16.9 Å². The number of carbonyl (C=O) groups excluding carboxylic acids is 2. The molecule has 0 bridgehead atoms. The first-order valence-corrected chi connectivity index (χ1v) is 7.74. The van der Waals surface area contributed by atoms with Crippen molar-refractivity contribution in [3.8, 4) is 0 Å². The highest BCUT2D eigenvalue weighted by atomic mass is 16.5. The average molecular weight is 304 g/mol. The summed E-state index contributed by atoms with van der Waals surface area (Å²) < 4.78 is 5.01. The molecule has 22 heavy (non-hydrogen) atoms. The molecule has 1 aliphatic heterocycles. The molecule has 0 aliphatic carbocycles. The number of piperazine rings is 1. The van der Waals surface area contributed by atoms with Crippen LogP contribution in [0.25, 0.3) is 0 Å². The van der Waals surface area contributed by atoms with E-state index >= 15 is 0 Å².